The first-order valence-electron chi connectivity index (χ1n) is 10.1. The fraction of sp³-hybridized carbons (Fsp3) is 0.364. The SMILES string of the molecule is COc1ccc(N2CCN(CCNC(=O)C(=O)Nc3ccccc3C(F)(F)F)CC2)cc1. The van der Waals surface area contributed by atoms with Crippen LogP contribution in [0.5, 0.6) is 5.75 Å². The molecule has 2 aromatic rings. The van der Waals surface area contributed by atoms with Gasteiger partial charge in [0.2, 0.25) is 0 Å². The van der Waals surface area contributed by atoms with Gasteiger partial charge in [0.25, 0.3) is 0 Å². The molecule has 1 saturated heterocycles. The van der Waals surface area contributed by atoms with E-state index in [2.05, 4.69) is 15.1 Å². The summed E-state index contributed by atoms with van der Waals surface area (Å²) < 4.78 is 44.2. The van der Waals surface area contributed by atoms with Crippen molar-refractivity contribution in [2.24, 2.45) is 0 Å². The van der Waals surface area contributed by atoms with Gasteiger partial charge in [0, 0.05) is 45.0 Å². The quantitative estimate of drug-likeness (QED) is 0.662. The van der Waals surface area contributed by atoms with Crippen molar-refractivity contribution in [3.05, 3.63) is 54.1 Å². The largest absolute Gasteiger partial charge is 0.497 e. The lowest BCUT2D eigenvalue weighted by Gasteiger charge is -2.36. The molecule has 0 atom stereocenters. The summed E-state index contributed by atoms with van der Waals surface area (Å²) in [6.45, 7) is 3.95. The molecule has 1 aliphatic rings. The Labute approximate surface area is 184 Å². The number of alkyl halides is 3. The van der Waals surface area contributed by atoms with Gasteiger partial charge in [-0.3, -0.25) is 14.5 Å². The van der Waals surface area contributed by atoms with E-state index in [1.807, 2.05) is 29.6 Å². The van der Waals surface area contributed by atoms with Gasteiger partial charge in [-0.25, -0.2) is 0 Å². The third kappa shape index (κ3) is 6.13. The van der Waals surface area contributed by atoms with Crippen LogP contribution < -0.4 is 20.3 Å². The number of amides is 2. The highest BCUT2D eigenvalue weighted by molar-refractivity contribution is 6.39. The molecule has 0 bridgehead atoms. The molecule has 0 unspecified atom stereocenters. The fourth-order valence-electron chi connectivity index (χ4n) is 3.45. The number of ether oxygens (including phenoxy) is 1. The van der Waals surface area contributed by atoms with Crippen LogP contribution in [0, 0.1) is 0 Å². The molecular formula is C22H25F3N4O3. The zero-order valence-corrected chi connectivity index (χ0v) is 17.6. The predicted molar refractivity (Wildman–Crippen MR) is 115 cm³/mol. The van der Waals surface area contributed by atoms with Crippen LogP contribution in [0.2, 0.25) is 0 Å². The Morgan fingerprint density at radius 1 is 0.969 bits per heavy atom. The lowest BCUT2D eigenvalue weighted by molar-refractivity contribution is -0.138. The Bertz CT molecular complexity index is 927. The molecule has 0 saturated carbocycles. The summed E-state index contributed by atoms with van der Waals surface area (Å²) in [4.78, 5) is 28.4. The Kier molecular flexibility index (Phi) is 7.57. The maximum Gasteiger partial charge on any atom is 0.418 e. The summed E-state index contributed by atoms with van der Waals surface area (Å²) in [5.41, 5.74) is -0.347. The maximum atomic E-state index is 13.0. The summed E-state index contributed by atoms with van der Waals surface area (Å²) in [7, 11) is 1.62. The molecule has 1 heterocycles. The Morgan fingerprint density at radius 2 is 1.62 bits per heavy atom. The van der Waals surface area contributed by atoms with Gasteiger partial charge in [-0.15, -0.1) is 0 Å². The Balaban J connectivity index is 1.41. The number of hydrogen-bond acceptors (Lipinski definition) is 5. The number of methoxy groups -OCH3 is 1. The van der Waals surface area contributed by atoms with Gasteiger partial charge in [0.1, 0.15) is 5.75 Å². The molecule has 2 amide bonds. The van der Waals surface area contributed by atoms with Crippen molar-refractivity contribution in [1.82, 2.24) is 10.2 Å². The lowest BCUT2D eigenvalue weighted by Crippen LogP contribution is -2.49. The monoisotopic (exact) mass is 450 g/mol. The van der Waals surface area contributed by atoms with Crippen molar-refractivity contribution in [1.29, 1.82) is 0 Å². The van der Waals surface area contributed by atoms with Gasteiger partial charge >= 0.3 is 18.0 Å². The summed E-state index contributed by atoms with van der Waals surface area (Å²) in [5, 5.41) is 4.50. The van der Waals surface area contributed by atoms with E-state index < -0.39 is 29.2 Å². The molecule has 2 aromatic carbocycles. The van der Waals surface area contributed by atoms with E-state index >= 15 is 0 Å². The van der Waals surface area contributed by atoms with E-state index in [0.29, 0.717) is 6.54 Å². The molecule has 1 aliphatic heterocycles. The van der Waals surface area contributed by atoms with Crippen LogP contribution in [0.3, 0.4) is 0 Å². The molecule has 172 valence electrons. The number of carbonyl (C=O) groups excluding carboxylic acids is 2. The Morgan fingerprint density at radius 3 is 2.25 bits per heavy atom. The van der Waals surface area contributed by atoms with Crippen LogP contribution in [-0.2, 0) is 15.8 Å². The van der Waals surface area contributed by atoms with Crippen molar-refractivity contribution >= 4 is 23.2 Å². The highest BCUT2D eigenvalue weighted by atomic mass is 19.4. The molecule has 7 nitrogen and oxygen atoms in total. The fourth-order valence-corrected chi connectivity index (χ4v) is 3.45. The Hall–Kier alpha value is -3.27. The average molecular weight is 450 g/mol. The first kappa shape index (κ1) is 23.4. The molecular weight excluding hydrogens is 425 g/mol. The second kappa shape index (κ2) is 10.4. The lowest BCUT2D eigenvalue weighted by atomic mass is 10.1. The normalized spacial score (nSPS) is 14.7. The molecule has 0 aliphatic carbocycles. The van der Waals surface area contributed by atoms with Gasteiger partial charge in [0.05, 0.1) is 18.4 Å². The van der Waals surface area contributed by atoms with Crippen LogP contribution in [-0.4, -0.2) is 63.1 Å². The van der Waals surface area contributed by atoms with Crippen LogP contribution in [0.1, 0.15) is 5.56 Å². The summed E-state index contributed by atoms with van der Waals surface area (Å²) >= 11 is 0. The number of nitrogens with zero attached hydrogens (tertiary/aromatic N) is 2. The first-order chi connectivity index (χ1) is 15.3. The second-order valence-corrected chi connectivity index (χ2v) is 7.28. The number of halogens is 3. The van der Waals surface area contributed by atoms with Crippen molar-refractivity contribution in [2.45, 2.75) is 6.18 Å². The smallest absolute Gasteiger partial charge is 0.418 e. The number of piperazine rings is 1. The number of para-hydroxylation sites is 1. The van der Waals surface area contributed by atoms with Gasteiger partial charge in [-0.05, 0) is 36.4 Å². The number of nitrogens with one attached hydrogen (secondary N) is 2. The van der Waals surface area contributed by atoms with Crippen LogP contribution in [0.4, 0.5) is 24.5 Å². The molecule has 32 heavy (non-hydrogen) atoms. The van der Waals surface area contributed by atoms with E-state index in [4.69, 9.17) is 4.74 Å². The number of rotatable bonds is 6. The average Bonchev–Trinajstić information content (AvgIpc) is 2.79. The van der Waals surface area contributed by atoms with Crippen LogP contribution in [0.15, 0.2) is 48.5 Å². The minimum absolute atomic E-state index is 0.218. The number of benzene rings is 2. The van der Waals surface area contributed by atoms with Gasteiger partial charge in [-0.1, -0.05) is 12.1 Å². The van der Waals surface area contributed by atoms with Crippen molar-refractivity contribution < 1.29 is 27.5 Å². The van der Waals surface area contributed by atoms with Gasteiger partial charge < -0.3 is 20.3 Å². The van der Waals surface area contributed by atoms with Crippen molar-refractivity contribution in [3.63, 3.8) is 0 Å². The zero-order valence-electron chi connectivity index (χ0n) is 17.6. The highest BCUT2D eigenvalue weighted by Crippen LogP contribution is 2.34. The minimum Gasteiger partial charge on any atom is -0.497 e. The highest BCUT2D eigenvalue weighted by Gasteiger charge is 2.34. The van der Waals surface area contributed by atoms with E-state index in [1.165, 1.54) is 12.1 Å². The molecule has 0 radical (unpaired) electrons. The predicted octanol–water partition coefficient (Wildman–Crippen LogP) is 2.59. The van der Waals surface area contributed by atoms with E-state index in [9.17, 15) is 22.8 Å². The molecule has 3 rings (SSSR count). The van der Waals surface area contributed by atoms with Crippen LogP contribution >= 0.6 is 0 Å². The van der Waals surface area contributed by atoms with E-state index in [-0.39, 0.29) is 6.54 Å². The number of anilines is 2. The van der Waals surface area contributed by atoms with Crippen LogP contribution in [0.25, 0.3) is 0 Å². The molecule has 0 aromatic heterocycles. The van der Waals surface area contributed by atoms with Gasteiger partial charge in [-0.2, -0.15) is 13.2 Å². The van der Waals surface area contributed by atoms with E-state index in [0.717, 1.165) is 49.7 Å². The molecule has 10 heteroatoms. The number of carbonyl (C=O) groups is 2. The van der Waals surface area contributed by atoms with E-state index in [1.54, 1.807) is 7.11 Å². The second-order valence-electron chi connectivity index (χ2n) is 7.28. The maximum absolute atomic E-state index is 13.0. The minimum atomic E-state index is -4.63. The summed E-state index contributed by atoms with van der Waals surface area (Å²) in [6, 6.07) is 12.4. The molecule has 2 N–H and O–H groups in total. The standard InChI is InChI=1S/C22H25F3N4O3/c1-32-17-8-6-16(7-9-17)29-14-12-28(13-15-29)11-10-26-20(30)21(31)27-19-5-3-2-4-18(19)22(23,24)25/h2-9H,10-15H2,1H3,(H,26,30)(H,27,31). The molecule has 1 fully saturated rings. The third-order valence-electron chi connectivity index (χ3n) is 5.21. The summed E-state index contributed by atoms with van der Waals surface area (Å²) in [5.74, 6) is -1.31. The van der Waals surface area contributed by atoms with Gasteiger partial charge in [0.15, 0.2) is 0 Å². The first-order valence-corrected chi connectivity index (χ1v) is 10.1. The number of hydrogen-bond donors (Lipinski definition) is 2. The van der Waals surface area contributed by atoms with Crippen molar-refractivity contribution in [2.75, 3.05) is 56.6 Å². The van der Waals surface area contributed by atoms with Crippen molar-refractivity contribution in [3.8, 4) is 5.75 Å². The zero-order chi connectivity index (χ0) is 23.1. The topological polar surface area (TPSA) is 73.9 Å². The molecule has 0 spiro atoms. The summed E-state index contributed by atoms with van der Waals surface area (Å²) in [6.07, 6.45) is -4.63. The third-order valence-corrected chi connectivity index (χ3v) is 5.21.